The fourth-order valence-corrected chi connectivity index (χ4v) is 3.54. The third kappa shape index (κ3) is 4.02. The molecule has 0 heterocycles. The lowest BCUT2D eigenvalue weighted by atomic mass is 10.0. The van der Waals surface area contributed by atoms with E-state index in [0.29, 0.717) is 0 Å². The van der Waals surface area contributed by atoms with Gasteiger partial charge in [0.05, 0.1) is 0 Å². The van der Waals surface area contributed by atoms with Crippen LogP contribution in [0.25, 0.3) is 11.1 Å². The smallest absolute Gasteiger partial charge is 0.0462 e. The van der Waals surface area contributed by atoms with Crippen LogP contribution in [0, 0.1) is 13.8 Å². The minimum atomic E-state index is 1.10. The summed E-state index contributed by atoms with van der Waals surface area (Å²) in [5.41, 5.74) is 8.41. The molecule has 0 spiro atoms. The van der Waals surface area contributed by atoms with Crippen molar-refractivity contribution < 1.29 is 0 Å². The quantitative estimate of drug-likeness (QED) is 0.317. The number of aryl methyl sites for hydroxylation is 2. The number of anilines is 3. The second-order valence-corrected chi connectivity index (χ2v) is 7.98. The largest absolute Gasteiger partial charge is 0.311 e. The highest BCUT2D eigenvalue weighted by molar-refractivity contribution is 9.10. The molecule has 0 bridgehead atoms. The Balaban J connectivity index is 1.74. The summed E-state index contributed by atoms with van der Waals surface area (Å²) in [6.45, 7) is 4.24. The zero-order valence-corrected chi connectivity index (χ0v) is 17.6. The van der Waals surface area contributed by atoms with Crippen molar-refractivity contribution >= 4 is 33.0 Å². The van der Waals surface area contributed by atoms with Crippen LogP contribution in [0.5, 0.6) is 0 Å². The Bertz CT molecular complexity index is 1000. The van der Waals surface area contributed by atoms with E-state index in [1.165, 1.54) is 22.3 Å². The zero-order valence-electron chi connectivity index (χ0n) is 16.1. The van der Waals surface area contributed by atoms with Crippen molar-refractivity contribution in [1.82, 2.24) is 0 Å². The van der Waals surface area contributed by atoms with E-state index >= 15 is 0 Å². The maximum atomic E-state index is 3.50. The predicted molar refractivity (Wildman–Crippen MR) is 124 cm³/mol. The number of nitrogens with zero attached hydrogens (tertiary/aromatic N) is 1. The van der Waals surface area contributed by atoms with Crippen LogP contribution in [-0.2, 0) is 0 Å². The monoisotopic (exact) mass is 427 g/mol. The van der Waals surface area contributed by atoms with Gasteiger partial charge in [0, 0.05) is 21.5 Å². The summed E-state index contributed by atoms with van der Waals surface area (Å²) in [6.07, 6.45) is 0. The molecule has 0 saturated heterocycles. The van der Waals surface area contributed by atoms with Crippen molar-refractivity contribution in [3.05, 3.63) is 113 Å². The van der Waals surface area contributed by atoms with Crippen LogP contribution in [-0.4, -0.2) is 0 Å². The van der Waals surface area contributed by atoms with Gasteiger partial charge in [-0.25, -0.2) is 0 Å². The molecule has 0 fully saturated rings. The predicted octanol–water partition coefficient (Wildman–Crippen LogP) is 8.20. The van der Waals surface area contributed by atoms with Gasteiger partial charge in [0.15, 0.2) is 0 Å². The Morgan fingerprint density at radius 1 is 0.464 bits per heavy atom. The highest BCUT2D eigenvalue weighted by Crippen LogP contribution is 2.35. The first-order valence-corrected chi connectivity index (χ1v) is 10.2. The van der Waals surface area contributed by atoms with Crippen molar-refractivity contribution in [2.75, 3.05) is 4.90 Å². The lowest BCUT2D eigenvalue weighted by Crippen LogP contribution is -2.09. The van der Waals surface area contributed by atoms with Gasteiger partial charge in [-0.05, 0) is 73.5 Å². The number of rotatable bonds is 4. The SMILES string of the molecule is Cc1ccc(N(c2ccc(C)cc2)c2ccc(-c3ccc(Br)cc3)cc2)cc1. The van der Waals surface area contributed by atoms with Crippen molar-refractivity contribution in [3.63, 3.8) is 0 Å². The number of benzene rings is 4. The Morgan fingerprint density at radius 3 is 1.18 bits per heavy atom. The van der Waals surface area contributed by atoms with Crippen LogP contribution in [0.4, 0.5) is 17.1 Å². The molecule has 0 unspecified atom stereocenters. The molecule has 1 nitrogen and oxygen atoms in total. The fraction of sp³-hybridized carbons (Fsp3) is 0.0769. The van der Waals surface area contributed by atoms with E-state index in [-0.39, 0.29) is 0 Å². The second kappa shape index (κ2) is 8.04. The maximum absolute atomic E-state index is 3.50. The normalized spacial score (nSPS) is 10.7. The average molecular weight is 428 g/mol. The van der Waals surface area contributed by atoms with Crippen LogP contribution < -0.4 is 4.90 Å². The molecule has 0 aliphatic carbocycles. The molecule has 0 N–H and O–H groups in total. The number of hydrogen-bond donors (Lipinski definition) is 0. The first-order valence-electron chi connectivity index (χ1n) is 9.40. The second-order valence-electron chi connectivity index (χ2n) is 7.06. The molecule has 138 valence electrons. The Hall–Kier alpha value is -2.84. The first-order chi connectivity index (χ1) is 13.6. The van der Waals surface area contributed by atoms with Crippen molar-refractivity contribution in [1.29, 1.82) is 0 Å². The van der Waals surface area contributed by atoms with Gasteiger partial charge in [-0.1, -0.05) is 75.6 Å². The summed E-state index contributed by atoms with van der Waals surface area (Å²) in [6, 6.07) is 34.5. The van der Waals surface area contributed by atoms with Gasteiger partial charge in [0.25, 0.3) is 0 Å². The van der Waals surface area contributed by atoms with E-state index in [1.54, 1.807) is 0 Å². The highest BCUT2D eigenvalue weighted by atomic mass is 79.9. The molecular weight excluding hydrogens is 406 g/mol. The molecule has 4 aromatic carbocycles. The van der Waals surface area contributed by atoms with E-state index < -0.39 is 0 Å². The van der Waals surface area contributed by atoms with E-state index in [1.807, 2.05) is 0 Å². The summed E-state index contributed by atoms with van der Waals surface area (Å²) in [5.74, 6) is 0. The summed E-state index contributed by atoms with van der Waals surface area (Å²) in [7, 11) is 0. The molecule has 0 aromatic heterocycles. The summed E-state index contributed by atoms with van der Waals surface area (Å²) in [5, 5.41) is 0. The summed E-state index contributed by atoms with van der Waals surface area (Å²) < 4.78 is 1.10. The van der Waals surface area contributed by atoms with E-state index in [2.05, 4.69) is 132 Å². The van der Waals surface area contributed by atoms with Crippen molar-refractivity contribution in [2.45, 2.75) is 13.8 Å². The van der Waals surface area contributed by atoms with Crippen LogP contribution in [0.1, 0.15) is 11.1 Å². The van der Waals surface area contributed by atoms with Crippen LogP contribution >= 0.6 is 15.9 Å². The maximum Gasteiger partial charge on any atom is 0.0462 e. The Labute approximate surface area is 175 Å². The number of hydrogen-bond acceptors (Lipinski definition) is 1. The molecule has 28 heavy (non-hydrogen) atoms. The van der Waals surface area contributed by atoms with Gasteiger partial charge in [0.2, 0.25) is 0 Å². The third-order valence-electron chi connectivity index (χ3n) is 4.89. The van der Waals surface area contributed by atoms with Gasteiger partial charge in [0.1, 0.15) is 0 Å². The van der Waals surface area contributed by atoms with Crippen LogP contribution in [0.3, 0.4) is 0 Å². The first kappa shape index (κ1) is 18.5. The fourth-order valence-electron chi connectivity index (χ4n) is 3.28. The third-order valence-corrected chi connectivity index (χ3v) is 5.42. The topological polar surface area (TPSA) is 3.24 Å². The summed E-state index contributed by atoms with van der Waals surface area (Å²) in [4.78, 5) is 2.30. The molecule has 0 radical (unpaired) electrons. The highest BCUT2D eigenvalue weighted by Gasteiger charge is 2.12. The van der Waals surface area contributed by atoms with Gasteiger partial charge >= 0.3 is 0 Å². The molecule has 0 saturated carbocycles. The van der Waals surface area contributed by atoms with Crippen LogP contribution in [0.15, 0.2) is 102 Å². The molecule has 4 aromatic rings. The minimum Gasteiger partial charge on any atom is -0.311 e. The molecule has 0 aliphatic heterocycles. The Kier molecular flexibility index (Phi) is 5.31. The van der Waals surface area contributed by atoms with E-state index in [0.717, 1.165) is 21.5 Å². The lowest BCUT2D eigenvalue weighted by molar-refractivity contribution is 1.27. The van der Waals surface area contributed by atoms with Crippen LogP contribution in [0.2, 0.25) is 0 Å². The average Bonchev–Trinajstić information content (AvgIpc) is 2.72. The van der Waals surface area contributed by atoms with Gasteiger partial charge in [-0.2, -0.15) is 0 Å². The van der Waals surface area contributed by atoms with Crippen molar-refractivity contribution in [2.24, 2.45) is 0 Å². The molecule has 0 atom stereocenters. The standard InChI is InChI=1S/C26H22BrN/c1-19-3-13-24(14-4-19)28(25-15-5-20(2)6-16-25)26-17-9-22(10-18-26)21-7-11-23(27)12-8-21/h3-18H,1-2H3. The molecule has 4 rings (SSSR count). The van der Waals surface area contributed by atoms with E-state index in [4.69, 9.17) is 0 Å². The zero-order chi connectivity index (χ0) is 19.5. The molecule has 2 heteroatoms. The molecule has 0 aliphatic rings. The lowest BCUT2D eigenvalue weighted by Gasteiger charge is -2.26. The minimum absolute atomic E-state index is 1.10. The van der Waals surface area contributed by atoms with Gasteiger partial charge in [-0.15, -0.1) is 0 Å². The number of halogens is 1. The van der Waals surface area contributed by atoms with Gasteiger partial charge < -0.3 is 4.90 Å². The molecule has 0 amide bonds. The van der Waals surface area contributed by atoms with E-state index in [9.17, 15) is 0 Å². The molecular formula is C26H22BrN. The van der Waals surface area contributed by atoms with Crippen molar-refractivity contribution in [3.8, 4) is 11.1 Å². The summed E-state index contributed by atoms with van der Waals surface area (Å²) >= 11 is 3.50. The Morgan fingerprint density at radius 2 is 0.786 bits per heavy atom. The van der Waals surface area contributed by atoms with Gasteiger partial charge in [-0.3, -0.25) is 0 Å².